The molecule has 18 heavy (non-hydrogen) atoms. The molecule has 1 aliphatic heterocycles. The van der Waals surface area contributed by atoms with E-state index >= 15 is 0 Å². The van der Waals surface area contributed by atoms with Crippen LogP contribution in [-0.2, 0) is 0 Å². The summed E-state index contributed by atoms with van der Waals surface area (Å²) in [6.07, 6.45) is 0. The Morgan fingerprint density at radius 1 is 1.33 bits per heavy atom. The molecule has 2 heterocycles. The third-order valence-corrected chi connectivity index (χ3v) is 2.98. The van der Waals surface area contributed by atoms with Crippen molar-refractivity contribution in [3.05, 3.63) is 46.3 Å². The van der Waals surface area contributed by atoms with Gasteiger partial charge in [-0.05, 0) is 12.1 Å². The molecular formula is C13H12N2O3. The molecule has 0 unspecified atom stereocenters. The quantitative estimate of drug-likeness (QED) is 0.806. The summed E-state index contributed by atoms with van der Waals surface area (Å²) in [5, 5.41) is 6.33. The Balaban J connectivity index is 1.96. The van der Waals surface area contributed by atoms with E-state index in [1.165, 1.54) is 6.07 Å². The van der Waals surface area contributed by atoms with Crippen molar-refractivity contribution < 1.29 is 9.21 Å². The number of rotatable bonds is 2. The van der Waals surface area contributed by atoms with Crippen molar-refractivity contribution in [3.63, 3.8) is 0 Å². The summed E-state index contributed by atoms with van der Waals surface area (Å²) in [5.41, 5.74) is 0.232. The van der Waals surface area contributed by atoms with E-state index < -0.39 is 0 Å². The van der Waals surface area contributed by atoms with Crippen LogP contribution in [0.3, 0.4) is 0 Å². The summed E-state index contributed by atoms with van der Waals surface area (Å²) in [6, 6.07) is 8.25. The highest BCUT2D eigenvalue weighted by Crippen LogP contribution is 2.11. The minimum Gasteiger partial charge on any atom is -0.451 e. The van der Waals surface area contributed by atoms with Crippen LogP contribution in [0.2, 0.25) is 0 Å². The maximum atomic E-state index is 11.9. The molecule has 1 aromatic heterocycles. The Morgan fingerprint density at radius 2 is 2.11 bits per heavy atom. The maximum Gasteiger partial charge on any atom is 0.287 e. The molecule has 2 aromatic rings. The summed E-state index contributed by atoms with van der Waals surface area (Å²) in [4.78, 5) is 23.7. The van der Waals surface area contributed by atoms with Crippen LogP contribution in [0, 0.1) is 0 Å². The fourth-order valence-electron chi connectivity index (χ4n) is 1.86. The lowest BCUT2D eigenvalue weighted by Crippen LogP contribution is -2.56. The zero-order valence-electron chi connectivity index (χ0n) is 9.60. The van der Waals surface area contributed by atoms with Gasteiger partial charge in [0.2, 0.25) is 0 Å². The van der Waals surface area contributed by atoms with Gasteiger partial charge in [0, 0.05) is 19.2 Å². The fraction of sp³-hybridized carbons (Fsp3) is 0.231. The molecule has 3 rings (SSSR count). The van der Waals surface area contributed by atoms with Crippen molar-refractivity contribution >= 4 is 16.9 Å². The van der Waals surface area contributed by atoms with Crippen LogP contribution in [-0.4, -0.2) is 25.0 Å². The first-order chi connectivity index (χ1) is 8.74. The van der Waals surface area contributed by atoms with Crippen molar-refractivity contribution in [2.24, 2.45) is 0 Å². The van der Waals surface area contributed by atoms with Gasteiger partial charge in [-0.3, -0.25) is 9.59 Å². The zero-order valence-corrected chi connectivity index (χ0v) is 9.60. The number of nitrogens with one attached hydrogen (secondary N) is 2. The molecule has 1 saturated heterocycles. The maximum absolute atomic E-state index is 11.9. The van der Waals surface area contributed by atoms with E-state index in [2.05, 4.69) is 10.6 Å². The van der Waals surface area contributed by atoms with Gasteiger partial charge < -0.3 is 15.1 Å². The summed E-state index contributed by atoms with van der Waals surface area (Å²) < 4.78 is 5.44. The van der Waals surface area contributed by atoms with Crippen molar-refractivity contribution in [2.75, 3.05) is 13.1 Å². The molecule has 0 radical (unpaired) electrons. The fourth-order valence-corrected chi connectivity index (χ4v) is 1.86. The molecule has 1 aromatic carbocycles. The number of hydrogen-bond donors (Lipinski definition) is 2. The second-order valence-electron chi connectivity index (χ2n) is 4.30. The second kappa shape index (κ2) is 4.27. The largest absolute Gasteiger partial charge is 0.451 e. The normalized spacial score (nSPS) is 15.3. The topological polar surface area (TPSA) is 71.3 Å². The molecule has 1 aliphatic rings. The SMILES string of the molecule is O=C(NC1CNC1)c1cc(=O)c2ccccc2o1. The Morgan fingerprint density at radius 3 is 2.83 bits per heavy atom. The highest BCUT2D eigenvalue weighted by atomic mass is 16.3. The van der Waals surface area contributed by atoms with E-state index in [0.717, 1.165) is 13.1 Å². The number of para-hydroxylation sites is 1. The molecule has 0 atom stereocenters. The van der Waals surface area contributed by atoms with Crippen molar-refractivity contribution in [1.82, 2.24) is 10.6 Å². The molecule has 5 heteroatoms. The predicted molar refractivity (Wildman–Crippen MR) is 66.6 cm³/mol. The first kappa shape index (κ1) is 11.0. The summed E-state index contributed by atoms with van der Waals surface area (Å²) in [6.45, 7) is 1.51. The van der Waals surface area contributed by atoms with Crippen LogP contribution >= 0.6 is 0 Å². The Kier molecular flexibility index (Phi) is 2.60. The van der Waals surface area contributed by atoms with Gasteiger partial charge in [-0.15, -0.1) is 0 Å². The number of fused-ring (bicyclic) bond motifs is 1. The standard InChI is InChI=1S/C13H12N2O3/c16-10-5-12(13(17)15-8-6-14-7-8)18-11-4-2-1-3-9(10)11/h1-5,8,14H,6-7H2,(H,15,17). The number of benzene rings is 1. The molecule has 0 bridgehead atoms. The van der Waals surface area contributed by atoms with Gasteiger partial charge in [0.1, 0.15) is 5.58 Å². The predicted octanol–water partition coefficient (Wildman–Crippen LogP) is 0.495. The van der Waals surface area contributed by atoms with Gasteiger partial charge >= 0.3 is 0 Å². The average molecular weight is 244 g/mol. The van der Waals surface area contributed by atoms with Gasteiger partial charge in [0.25, 0.3) is 5.91 Å². The van der Waals surface area contributed by atoms with Gasteiger partial charge in [-0.25, -0.2) is 0 Å². The molecule has 2 N–H and O–H groups in total. The molecule has 5 nitrogen and oxygen atoms in total. The third-order valence-electron chi connectivity index (χ3n) is 2.98. The van der Waals surface area contributed by atoms with Crippen molar-refractivity contribution in [2.45, 2.75) is 6.04 Å². The van der Waals surface area contributed by atoms with E-state index in [1.807, 2.05) is 0 Å². The molecule has 0 spiro atoms. The summed E-state index contributed by atoms with van der Waals surface area (Å²) in [5.74, 6) is -0.282. The Labute approximate surface area is 103 Å². The summed E-state index contributed by atoms with van der Waals surface area (Å²) in [7, 11) is 0. The number of hydrogen-bond acceptors (Lipinski definition) is 4. The molecular weight excluding hydrogens is 232 g/mol. The highest BCUT2D eigenvalue weighted by molar-refractivity contribution is 5.93. The van der Waals surface area contributed by atoms with E-state index in [9.17, 15) is 9.59 Å². The van der Waals surface area contributed by atoms with Gasteiger partial charge in [0.15, 0.2) is 11.2 Å². The van der Waals surface area contributed by atoms with Gasteiger partial charge in [0.05, 0.1) is 11.4 Å². The van der Waals surface area contributed by atoms with Crippen molar-refractivity contribution in [3.8, 4) is 0 Å². The lowest BCUT2D eigenvalue weighted by Gasteiger charge is -2.27. The minimum atomic E-state index is -0.343. The van der Waals surface area contributed by atoms with E-state index in [1.54, 1.807) is 24.3 Å². The molecule has 0 saturated carbocycles. The Bertz CT molecular complexity index is 659. The van der Waals surface area contributed by atoms with E-state index in [0.29, 0.717) is 11.0 Å². The van der Waals surface area contributed by atoms with Gasteiger partial charge in [-0.1, -0.05) is 12.1 Å². The minimum absolute atomic E-state index is 0.0607. The monoisotopic (exact) mass is 244 g/mol. The smallest absolute Gasteiger partial charge is 0.287 e. The zero-order chi connectivity index (χ0) is 12.5. The summed E-state index contributed by atoms with van der Waals surface area (Å²) >= 11 is 0. The molecule has 1 amide bonds. The third kappa shape index (κ3) is 1.89. The Hall–Kier alpha value is -2.14. The first-order valence-corrected chi connectivity index (χ1v) is 5.78. The van der Waals surface area contributed by atoms with E-state index in [4.69, 9.17) is 4.42 Å². The van der Waals surface area contributed by atoms with Crippen LogP contribution in [0.1, 0.15) is 10.6 Å². The van der Waals surface area contributed by atoms with Crippen LogP contribution in [0.25, 0.3) is 11.0 Å². The lowest BCUT2D eigenvalue weighted by atomic mass is 10.1. The molecule has 0 aliphatic carbocycles. The van der Waals surface area contributed by atoms with Crippen LogP contribution in [0.15, 0.2) is 39.5 Å². The first-order valence-electron chi connectivity index (χ1n) is 5.78. The highest BCUT2D eigenvalue weighted by Gasteiger charge is 2.21. The second-order valence-corrected chi connectivity index (χ2v) is 4.30. The van der Waals surface area contributed by atoms with E-state index in [-0.39, 0.29) is 23.1 Å². The molecule has 1 fully saturated rings. The number of amides is 1. The number of carbonyl (C=O) groups is 1. The van der Waals surface area contributed by atoms with Crippen LogP contribution in [0.5, 0.6) is 0 Å². The average Bonchev–Trinajstić information content (AvgIpc) is 2.33. The lowest BCUT2D eigenvalue weighted by molar-refractivity contribution is 0.0896. The van der Waals surface area contributed by atoms with Crippen molar-refractivity contribution in [1.29, 1.82) is 0 Å². The van der Waals surface area contributed by atoms with Gasteiger partial charge in [-0.2, -0.15) is 0 Å². The molecule has 92 valence electrons. The van der Waals surface area contributed by atoms with Crippen LogP contribution in [0.4, 0.5) is 0 Å². The van der Waals surface area contributed by atoms with Crippen LogP contribution < -0.4 is 16.1 Å². The number of carbonyl (C=O) groups excluding carboxylic acids is 1.